The van der Waals surface area contributed by atoms with Crippen molar-refractivity contribution in [2.75, 3.05) is 48.3 Å². The lowest BCUT2D eigenvalue weighted by atomic mass is 10.1. The van der Waals surface area contributed by atoms with Crippen LogP contribution in [0, 0.1) is 0 Å². The van der Waals surface area contributed by atoms with Gasteiger partial charge in [0, 0.05) is 54.6 Å². The molecule has 2 heterocycles. The summed E-state index contributed by atoms with van der Waals surface area (Å²) in [5.74, 6) is -0.363. The molecule has 32 heavy (non-hydrogen) atoms. The highest BCUT2D eigenvalue weighted by atomic mass is 32.2. The van der Waals surface area contributed by atoms with E-state index >= 15 is 0 Å². The number of rotatable bonds is 7. The Morgan fingerprint density at radius 3 is 2.62 bits per heavy atom. The number of amides is 1. The SMILES string of the molecule is NCCNCCC(=O)Nc1cc(C(F)(F)F)cc2c1Nc1ccc(N3CCCC3)cc1S2. The molecular formula is C22H26F3N5OS. The Bertz CT molecular complexity index is 992. The number of fused-ring (bicyclic) bond motifs is 2. The van der Waals surface area contributed by atoms with Gasteiger partial charge in [-0.15, -0.1) is 0 Å². The van der Waals surface area contributed by atoms with Crippen LogP contribution in [0.3, 0.4) is 0 Å². The van der Waals surface area contributed by atoms with E-state index in [1.165, 1.54) is 11.8 Å². The lowest BCUT2D eigenvalue weighted by Crippen LogP contribution is -2.26. The van der Waals surface area contributed by atoms with Gasteiger partial charge < -0.3 is 26.6 Å². The average Bonchev–Trinajstić information content (AvgIpc) is 3.29. The maximum atomic E-state index is 13.6. The number of carbonyl (C=O) groups is 1. The zero-order chi connectivity index (χ0) is 22.7. The van der Waals surface area contributed by atoms with Crippen LogP contribution < -0.4 is 26.6 Å². The summed E-state index contributed by atoms with van der Waals surface area (Å²) in [4.78, 5) is 15.9. The van der Waals surface area contributed by atoms with Gasteiger partial charge in [0.2, 0.25) is 5.91 Å². The Morgan fingerprint density at radius 2 is 1.91 bits per heavy atom. The second kappa shape index (κ2) is 9.60. The van der Waals surface area contributed by atoms with Gasteiger partial charge in [-0.2, -0.15) is 13.2 Å². The summed E-state index contributed by atoms with van der Waals surface area (Å²) in [6.07, 6.45) is -2.10. The highest BCUT2D eigenvalue weighted by Crippen LogP contribution is 2.50. The summed E-state index contributed by atoms with van der Waals surface area (Å²) >= 11 is 1.28. The molecule has 2 aromatic carbocycles. The van der Waals surface area contributed by atoms with Gasteiger partial charge in [-0.25, -0.2) is 0 Å². The Kier molecular flexibility index (Phi) is 6.82. The summed E-state index contributed by atoms with van der Waals surface area (Å²) in [5.41, 5.74) is 7.10. The standard InChI is InChI=1S/C22H26F3N5OS/c23-22(24,25)14-11-17(28-20(31)5-7-27-8-6-26)21-19(12-14)32-18-13-15(3-4-16(18)29-21)30-9-1-2-10-30/h3-4,11-13,27,29H,1-2,5-10,26H2,(H,28,31). The van der Waals surface area contributed by atoms with E-state index in [0.29, 0.717) is 30.2 Å². The van der Waals surface area contributed by atoms with Gasteiger partial charge in [-0.3, -0.25) is 4.79 Å². The molecule has 172 valence electrons. The van der Waals surface area contributed by atoms with E-state index in [1.54, 1.807) is 0 Å². The van der Waals surface area contributed by atoms with Crippen LogP contribution in [0.25, 0.3) is 0 Å². The van der Waals surface area contributed by atoms with Crippen molar-refractivity contribution in [1.29, 1.82) is 0 Å². The minimum Gasteiger partial charge on any atom is -0.372 e. The molecule has 2 aliphatic rings. The van der Waals surface area contributed by atoms with Gasteiger partial charge in [0.05, 0.1) is 22.6 Å². The van der Waals surface area contributed by atoms with Crippen LogP contribution in [0.5, 0.6) is 0 Å². The van der Waals surface area contributed by atoms with Crippen LogP contribution in [-0.2, 0) is 11.0 Å². The molecular weight excluding hydrogens is 439 g/mol. The average molecular weight is 466 g/mol. The van der Waals surface area contributed by atoms with E-state index in [1.807, 2.05) is 18.2 Å². The molecule has 1 amide bonds. The Balaban J connectivity index is 1.60. The predicted octanol–water partition coefficient (Wildman–Crippen LogP) is 4.39. The first-order chi connectivity index (χ1) is 15.3. The van der Waals surface area contributed by atoms with Gasteiger partial charge in [-0.05, 0) is 43.2 Å². The molecule has 4 rings (SSSR count). The fourth-order valence-corrected chi connectivity index (χ4v) is 4.95. The third-order valence-electron chi connectivity index (χ3n) is 5.47. The van der Waals surface area contributed by atoms with Gasteiger partial charge in [0.15, 0.2) is 0 Å². The normalized spacial score (nSPS) is 15.2. The third kappa shape index (κ3) is 5.13. The number of halogens is 3. The quantitative estimate of drug-likeness (QED) is 0.388. The van der Waals surface area contributed by atoms with Crippen molar-refractivity contribution in [3.05, 3.63) is 35.9 Å². The number of carbonyl (C=O) groups excluding carboxylic acids is 1. The molecule has 0 radical (unpaired) electrons. The lowest BCUT2D eigenvalue weighted by Gasteiger charge is -2.27. The first-order valence-electron chi connectivity index (χ1n) is 10.6. The van der Waals surface area contributed by atoms with Crippen LogP contribution >= 0.6 is 11.8 Å². The number of alkyl halides is 3. The Hall–Kier alpha value is -2.43. The van der Waals surface area contributed by atoms with E-state index in [-0.39, 0.29) is 18.0 Å². The molecule has 2 aliphatic heterocycles. The molecule has 0 atom stereocenters. The molecule has 0 saturated carbocycles. The largest absolute Gasteiger partial charge is 0.416 e. The van der Waals surface area contributed by atoms with E-state index in [2.05, 4.69) is 20.9 Å². The summed E-state index contributed by atoms with van der Waals surface area (Å²) in [6, 6.07) is 8.11. The maximum Gasteiger partial charge on any atom is 0.416 e. The molecule has 0 spiro atoms. The second-order valence-electron chi connectivity index (χ2n) is 7.83. The topological polar surface area (TPSA) is 82.4 Å². The van der Waals surface area contributed by atoms with Crippen LogP contribution in [0.4, 0.5) is 35.9 Å². The zero-order valence-corrected chi connectivity index (χ0v) is 18.3. The first-order valence-corrected chi connectivity index (χ1v) is 11.5. The molecule has 0 aromatic heterocycles. The first kappa shape index (κ1) is 22.8. The third-order valence-corrected chi connectivity index (χ3v) is 6.57. The minimum absolute atomic E-state index is 0.125. The monoisotopic (exact) mass is 465 g/mol. The fraction of sp³-hybridized carbons (Fsp3) is 0.409. The van der Waals surface area contributed by atoms with Crippen LogP contribution in [0.1, 0.15) is 24.8 Å². The molecule has 0 aliphatic carbocycles. The number of hydrogen-bond acceptors (Lipinski definition) is 6. The van der Waals surface area contributed by atoms with Crippen molar-refractivity contribution in [2.24, 2.45) is 5.73 Å². The van der Waals surface area contributed by atoms with Gasteiger partial charge >= 0.3 is 6.18 Å². The highest BCUT2D eigenvalue weighted by Gasteiger charge is 2.34. The number of nitrogens with two attached hydrogens (primary N) is 1. The number of nitrogens with one attached hydrogen (secondary N) is 3. The molecule has 1 fully saturated rings. The molecule has 6 nitrogen and oxygen atoms in total. The molecule has 1 saturated heterocycles. The van der Waals surface area contributed by atoms with E-state index in [0.717, 1.165) is 54.3 Å². The van der Waals surface area contributed by atoms with Gasteiger partial charge in [-0.1, -0.05) is 11.8 Å². The van der Waals surface area contributed by atoms with E-state index < -0.39 is 11.7 Å². The lowest BCUT2D eigenvalue weighted by molar-refractivity contribution is -0.137. The van der Waals surface area contributed by atoms with Crippen molar-refractivity contribution in [3.63, 3.8) is 0 Å². The number of benzene rings is 2. The van der Waals surface area contributed by atoms with Crippen LogP contribution in [0.15, 0.2) is 40.1 Å². The zero-order valence-electron chi connectivity index (χ0n) is 17.5. The van der Waals surface area contributed by atoms with Crippen molar-refractivity contribution >= 4 is 40.4 Å². The summed E-state index contributed by atoms with van der Waals surface area (Å²) in [6.45, 7) is 3.39. The molecule has 5 N–H and O–H groups in total. The summed E-state index contributed by atoms with van der Waals surface area (Å²) in [7, 11) is 0. The molecule has 2 aromatic rings. The van der Waals surface area contributed by atoms with Crippen molar-refractivity contribution in [1.82, 2.24) is 5.32 Å². The fourth-order valence-electron chi connectivity index (χ4n) is 3.85. The van der Waals surface area contributed by atoms with Crippen LogP contribution in [-0.4, -0.2) is 38.6 Å². The van der Waals surface area contributed by atoms with Crippen molar-refractivity contribution < 1.29 is 18.0 Å². The highest BCUT2D eigenvalue weighted by molar-refractivity contribution is 7.99. The van der Waals surface area contributed by atoms with Gasteiger partial charge in [0.1, 0.15) is 0 Å². The molecule has 0 bridgehead atoms. The smallest absolute Gasteiger partial charge is 0.372 e. The second-order valence-corrected chi connectivity index (χ2v) is 8.92. The van der Waals surface area contributed by atoms with E-state index in [9.17, 15) is 18.0 Å². The summed E-state index contributed by atoms with van der Waals surface area (Å²) in [5, 5.41) is 8.89. The summed E-state index contributed by atoms with van der Waals surface area (Å²) < 4.78 is 40.7. The maximum absolute atomic E-state index is 13.6. The number of anilines is 4. The number of hydrogen-bond donors (Lipinski definition) is 4. The Morgan fingerprint density at radius 1 is 1.12 bits per heavy atom. The van der Waals surface area contributed by atoms with Crippen LogP contribution in [0.2, 0.25) is 0 Å². The molecule has 0 unspecified atom stereocenters. The minimum atomic E-state index is -4.52. The van der Waals surface area contributed by atoms with Crippen molar-refractivity contribution in [2.45, 2.75) is 35.2 Å². The van der Waals surface area contributed by atoms with Crippen molar-refractivity contribution in [3.8, 4) is 0 Å². The predicted molar refractivity (Wildman–Crippen MR) is 122 cm³/mol. The Labute approximate surface area is 189 Å². The molecule has 10 heteroatoms. The van der Waals surface area contributed by atoms with Gasteiger partial charge in [0.25, 0.3) is 0 Å². The number of nitrogens with zero attached hydrogens (tertiary/aromatic N) is 1. The van der Waals surface area contributed by atoms with E-state index in [4.69, 9.17) is 5.73 Å².